The first-order valence-corrected chi connectivity index (χ1v) is 6.73. The van der Waals surface area contributed by atoms with Crippen molar-refractivity contribution in [3.05, 3.63) is 69.6 Å². The number of pyridine rings is 1. The summed E-state index contributed by atoms with van der Waals surface area (Å²) < 4.78 is 1.34. The Morgan fingerprint density at radius 1 is 1.29 bits per heavy atom. The van der Waals surface area contributed by atoms with E-state index in [0.717, 1.165) is 5.56 Å². The third-order valence-corrected chi connectivity index (χ3v) is 3.45. The number of rotatable bonds is 5. The first-order chi connectivity index (χ1) is 10.0. The van der Waals surface area contributed by atoms with Crippen LogP contribution in [0.2, 0.25) is 0 Å². The average Bonchev–Trinajstić information content (AvgIpc) is 2.47. The number of nitrogens with one attached hydrogen (secondary N) is 1. The maximum Gasteiger partial charge on any atom is 0.310 e. The van der Waals surface area contributed by atoms with Crippen molar-refractivity contribution in [3.8, 4) is 0 Å². The summed E-state index contributed by atoms with van der Waals surface area (Å²) in [4.78, 5) is 23.5. The van der Waals surface area contributed by atoms with Crippen LogP contribution in [-0.2, 0) is 11.3 Å². The van der Waals surface area contributed by atoms with E-state index in [2.05, 4.69) is 5.43 Å². The van der Waals surface area contributed by atoms with E-state index in [1.807, 2.05) is 30.3 Å². The average molecular weight is 286 g/mol. The van der Waals surface area contributed by atoms with Crippen molar-refractivity contribution >= 4 is 5.97 Å². The predicted molar refractivity (Wildman–Crippen MR) is 81.0 cm³/mol. The largest absolute Gasteiger partial charge is 0.481 e. The Labute approximate surface area is 122 Å². The zero-order valence-corrected chi connectivity index (χ0v) is 12.0. The van der Waals surface area contributed by atoms with Crippen LogP contribution < -0.4 is 11.0 Å². The fourth-order valence-electron chi connectivity index (χ4n) is 2.19. The van der Waals surface area contributed by atoms with Crippen molar-refractivity contribution in [3.63, 3.8) is 0 Å². The lowest BCUT2D eigenvalue weighted by molar-refractivity contribution is -0.138. The van der Waals surface area contributed by atoms with Gasteiger partial charge >= 0.3 is 5.97 Å². The fraction of sp³-hybridized carbons (Fsp3) is 0.250. The summed E-state index contributed by atoms with van der Waals surface area (Å²) in [7, 11) is 0. The molecule has 2 aromatic rings. The molecule has 0 saturated heterocycles. The number of hydrogen-bond donors (Lipinski definition) is 2. The molecule has 0 saturated carbocycles. The maximum absolute atomic E-state index is 12.4. The topological polar surface area (TPSA) is 71.3 Å². The number of carboxylic acid groups (broad SMARTS) is 1. The molecule has 1 unspecified atom stereocenters. The molecule has 1 heterocycles. The number of carboxylic acids is 1. The minimum atomic E-state index is -1.00. The summed E-state index contributed by atoms with van der Waals surface area (Å²) in [6, 6.07) is 11.4. The van der Waals surface area contributed by atoms with Crippen molar-refractivity contribution < 1.29 is 9.90 Å². The Morgan fingerprint density at radius 2 is 1.95 bits per heavy atom. The summed E-state index contributed by atoms with van der Waals surface area (Å²) >= 11 is 0. The normalized spacial score (nSPS) is 11.9. The molecular weight excluding hydrogens is 268 g/mol. The zero-order valence-electron chi connectivity index (χ0n) is 12.0. The van der Waals surface area contributed by atoms with E-state index in [9.17, 15) is 9.59 Å². The van der Waals surface area contributed by atoms with Gasteiger partial charge in [-0.05, 0) is 31.0 Å². The molecule has 0 spiro atoms. The second-order valence-electron chi connectivity index (χ2n) is 4.97. The van der Waals surface area contributed by atoms with E-state index >= 15 is 0 Å². The first-order valence-electron chi connectivity index (χ1n) is 6.73. The van der Waals surface area contributed by atoms with E-state index in [0.29, 0.717) is 17.7 Å². The molecule has 1 atom stereocenters. The van der Waals surface area contributed by atoms with Crippen LogP contribution in [0.15, 0.2) is 47.4 Å². The van der Waals surface area contributed by atoms with Crippen molar-refractivity contribution in [2.45, 2.75) is 26.3 Å². The Balaban J connectivity index is 2.27. The first kappa shape index (κ1) is 14.8. The molecule has 2 N–H and O–H groups in total. The van der Waals surface area contributed by atoms with Crippen LogP contribution >= 0.6 is 0 Å². The van der Waals surface area contributed by atoms with E-state index in [1.54, 1.807) is 19.2 Å². The van der Waals surface area contributed by atoms with E-state index in [1.165, 1.54) is 11.6 Å². The SMILES string of the molecule is Cc1ccn(NCc2ccccc2)c(=O)c1C(C)C(=O)O. The van der Waals surface area contributed by atoms with Crippen LogP contribution in [0.4, 0.5) is 0 Å². The highest BCUT2D eigenvalue weighted by atomic mass is 16.4. The van der Waals surface area contributed by atoms with Gasteiger partial charge in [0.1, 0.15) is 0 Å². The van der Waals surface area contributed by atoms with Crippen molar-refractivity contribution in [2.75, 3.05) is 5.43 Å². The molecule has 1 aromatic heterocycles. The van der Waals surface area contributed by atoms with Gasteiger partial charge in [-0.25, -0.2) is 4.68 Å². The van der Waals surface area contributed by atoms with Gasteiger partial charge in [-0.1, -0.05) is 30.3 Å². The van der Waals surface area contributed by atoms with Crippen LogP contribution in [0.5, 0.6) is 0 Å². The molecule has 0 aliphatic carbocycles. The van der Waals surface area contributed by atoms with Gasteiger partial charge in [-0.15, -0.1) is 0 Å². The molecule has 0 amide bonds. The Hall–Kier alpha value is -2.56. The summed E-state index contributed by atoms with van der Waals surface area (Å²) in [6.45, 7) is 3.76. The molecule has 5 heteroatoms. The molecule has 110 valence electrons. The smallest absolute Gasteiger partial charge is 0.310 e. The quantitative estimate of drug-likeness (QED) is 0.883. The van der Waals surface area contributed by atoms with Gasteiger partial charge in [-0.3, -0.25) is 9.59 Å². The van der Waals surface area contributed by atoms with E-state index < -0.39 is 11.9 Å². The van der Waals surface area contributed by atoms with Gasteiger partial charge in [0.25, 0.3) is 5.56 Å². The minimum absolute atomic E-state index is 0.311. The van der Waals surface area contributed by atoms with E-state index in [4.69, 9.17) is 5.11 Å². The summed E-state index contributed by atoms with van der Waals surface area (Å²) in [6.07, 6.45) is 1.62. The number of nitrogens with zero attached hydrogens (tertiary/aromatic N) is 1. The van der Waals surface area contributed by atoms with Gasteiger partial charge in [0.05, 0.1) is 12.5 Å². The number of benzene rings is 1. The number of hydrogen-bond acceptors (Lipinski definition) is 3. The van der Waals surface area contributed by atoms with Gasteiger partial charge < -0.3 is 10.5 Å². The minimum Gasteiger partial charge on any atom is -0.481 e. The molecule has 5 nitrogen and oxygen atoms in total. The van der Waals surface area contributed by atoms with Gasteiger partial charge in [0.2, 0.25) is 0 Å². The Bertz CT molecular complexity index is 692. The highest BCUT2D eigenvalue weighted by Crippen LogP contribution is 2.15. The number of aryl methyl sites for hydroxylation is 1. The summed E-state index contributed by atoms with van der Waals surface area (Å²) in [5.41, 5.74) is 4.72. The molecule has 0 aliphatic heterocycles. The van der Waals surface area contributed by atoms with Crippen LogP contribution in [0.25, 0.3) is 0 Å². The maximum atomic E-state index is 12.4. The molecule has 2 rings (SSSR count). The predicted octanol–water partition coefficient (Wildman–Crippen LogP) is 2.09. The van der Waals surface area contributed by atoms with Crippen molar-refractivity contribution in [1.82, 2.24) is 4.68 Å². The highest BCUT2D eigenvalue weighted by molar-refractivity contribution is 5.75. The van der Waals surface area contributed by atoms with Crippen molar-refractivity contribution in [1.29, 1.82) is 0 Å². The third-order valence-electron chi connectivity index (χ3n) is 3.45. The number of aliphatic carboxylic acids is 1. The molecule has 21 heavy (non-hydrogen) atoms. The molecule has 0 radical (unpaired) electrons. The van der Waals surface area contributed by atoms with Gasteiger partial charge in [0, 0.05) is 11.8 Å². The highest BCUT2D eigenvalue weighted by Gasteiger charge is 2.20. The summed E-state index contributed by atoms with van der Waals surface area (Å²) in [5, 5.41) is 9.11. The van der Waals surface area contributed by atoms with Gasteiger partial charge in [0.15, 0.2) is 0 Å². The standard InChI is InChI=1S/C16H18N2O3/c1-11-8-9-18(15(19)14(11)12(2)16(20)21)17-10-13-6-4-3-5-7-13/h3-9,12,17H,10H2,1-2H3,(H,20,21). The third kappa shape index (κ3) is 3.31. The second kappa shape index (κ2) is 6.26. The number of carbonyl (C=O) groups is 1. The molecule has 0 bridgehead atoms. The molecule has 0 fully saturated rings. The van der Waals surface area contributed by atoms with Crippen LogP contribution in [-0.4, -0.2) is 15.8 Å². The second-order valence-corrected chi connectivity index (χ2v) is 4.97. The lowest BCUT2D eigenvalue weighted by atomic mass is 9.99. The Kier molecular flexibility index (Phi) is 4.42. The lowest BCUT2D eigenvalue weighted by Gasteiger charge is -2.15. The molecular formula is C16H18N2O3. The van der Waals surface area contributed by atoms with Crippen molar-refractivity contribution in [2.24, 2.45) is 0 Å². The van der Waals surface area contributed by atoms with Crippen LogP contribution in [0.3, 0.4) is 0 Å². The monoisotopic (exact) mass is 286 g/mol. The molecule has 1 aromatic carbocycles. The fourth-order valence-corrected chi connectivity index (χ4v) is 2.19. The van der Waals surface area contributed by atoms with Crippen LogP contribution in [0, 0.1) is 6.92 Å². The lowest BCUT2D eigenvalue weighted by Crippen LogP contribution is -2.33. The van der Waals surface area contributed by atoms with Crippen LogP contribution in [0.1, 0.15) is 29.5 Å². The van der Waals surface area contributed by atoms with Gasteiger partial charge in [-0.2, -0.15) is 0 Å². The van der Waals surface area contributed by atoms with E-state index in [-0.39, 0.29) is 5.56 Å². The Morgan fingerprint density at radius 3 is 2.57 bits per heavy atom. The number of aromatic nitrogens is 1. The summed E-state index contributed by atoms with van der Waals surface area (Å²) in [5.74, 6) is -1.83. The zero-order chi connectivity index (χ0) is 15.4. The molecule has 0 aliphatic rings.